The van der Waals surface area contributed by atoms with Crippen LogP contribution in [-0.4, -0.2) is 23.2 Å². The maximum absolute atomic E-state index is 12.0. The molecule has 0 aliphatic heterocycles. The highest BCUT2D eigenvalue weighted by Crippen LogP contribution is 2.27. The summed E-state index contributed by atoms with van der Waals surface area (Å²) in [4.78, 5) is 16.4. The van der Waals surface area contributed by atoms with Crippen LogP contribution in [0.15, 0.2) is 53.1 Å². The number of hydrogen-bond acceptors (Lipinski definition) is 5. The first-order valence-electron chi connectivity index (χ1n) is 8.17. The van der Waals surface area contributed by atoms with Crippen LogP contribution in [0.5, 0.6) is 5.75 Å². The van der Waals surface area contributed by atoms with Crippen molar-refractivity contribution >= 4 is 23.2 Å². The molecule has 134 valence electrons. The molecule has 0 unspecified atom stereocenters. The highest BCUT2D eigenvalue weighted by molar-refractivity contribution is 6.33. The number of nitrogens with zero attached hydrogens (tertiary/aromatic N) is 2. The molecule has 6 nitrogen and oxygen atoms in total. The van der Waals surface area contributed by atoms with Crippen LogP contribution >= 0.6 is 11.6 Å². The van der Waals surface area contributed by atoms with Gasteiger partial charge in [0.05, 0.1) is 23.4 Å². The second kappa shape index (κ2) is 8.49. The largest absolute Gasteiger partial charge is 0.496 e. The third-order valence-corrected chi connectivity index (χ3v) is 4.09. The molecule has 1 N–H and O–H groups in total. The molecule has 1 aromatic heterocycles. The predicted octanol–water partition coefficient (Wildman–Crippen LogP) is 4.36. The number of nitrogens with one attached hydrogen (secondary N) is 1. The molecule has 0 radical (unpaired) electrons. The first-order valence-corrected chi connectivity index (χ1v) is 8.55. The number of carbonyl (C=O) groups excluding carboxylic acids is 1. The highest BCUT2D eigenvalue weighted by atomic mass is 35.5. The maximum Gasteiger partial charge on any atom is 0.226 e. The number of benzene rings is 2. The van der Waals surface area contributed by atoms with Gasteiger partial charge >= 0.3 is 0 Å². The Hall–Kier alpha value is -2.86. The molecule has 7 heteroatoms. The van der Waals surface area contributed by atoms with Gasteiger partial charge in [-0.05, 0) is 30.7 Å². The van der Waals surface area contributed by atoms with E-state index in [2.05, 4.69) is 15.5 Å². The summed E-state index contributed by atoms with van der Waals surface area (Å²) < 4.78 is 10.6. The van der Waals surface area contributed by atoms with Gasteiger partial charge in [0.15, 0.2) is 0 Å². The molecule has 3 aromatic rings. The van der Waals surface area contributed by atoms with Crippen molar-refractivity contribution in [2.24, 2.45) is 0 Å². The van der Waals surface area contributed by atoms with E-state index in [9.17, 15) is 4.79 Å². The van der Waals surface area contributed by atoms with Crippen molar-refractivity contribution in [3.05, 3.63) is 59.4 Å². The fraction of sp³-hybridized carbons (Fsp3) is 0.211. The first-order chi connectivity index (χ1) is 12.7. The third-order valence-electron chi connectivity index (χ3n) is 3.76. The van der Waals surface area contributed by atoms with Gasteiger partial charge in [-0.15, -0.1) is 0 Å². The van der Waals surface area contributed by atoms with E-state index in [-0.39, 0.29) is 5.91 Å². The Balaban J connectivity index is 1.54. The molecular weight excluding hydrogens is 354 g/mol. The van der Waals surface area contributed by atoms with Gasteiger partial charge in [0.25, 0.3) is 0 Å². The van der Waals surface area contributed by atoms with Gasteiger partial charge in [0.1, 0.15) is 5.75 Å². The predicted molar refractivity (Wildman–Crippen MR) is 99.3 cm³/mol. The van der Waals surface area contributed by atoms with Crippen molar-refractivity contribution in [1.82, 2.24) is 10.1 Å². The average molecular weight is 372 g/mol. The van der Waals surface area contributed by atoms with Crippen molar-refractivity contribution in [3.63, 3.8) is 0 Å². The summed E-state index contributed by atoms with van der Waals surface area (Å²) in [6.45, 7) is 0. The SMILES string of the molecule is COc1ccccc1-c1noc(CCCC(=O)Nc2ccccc2Cl)n1. The minimum atomic E-state index is -0.109. The number of carbonyl (C=O) groups is 1. The molecule has 0 atom stereocenters. The lowest BCUT2D eigenvalue weighted by molar-refractivity contribution is -0.116. The van der Waals surface area contributed by atoms with Crippen LogP contribution in [0.1, 0.15) is 18.7 Å². The number of rotatable bonds is 7. The number of aryl methyl sites for hydroxylation is 1. The topological polar surface area (TPSA) is 77.2 Å². The monoisotopic (exact) mass is 371 g/mol. The summed E-state index contributed by atoms with van der Waals surface area (Å²) in [7, 11) is 1.59. The Labute approximate surface area is 156 Å². The molecule has 3 rings (SSSR count). The summed E-state index contributed by atoms with van der Waals surface area (Å²) >= 11 is 6.03. The summed E-state index contributed by atoms with van der Waals surface area (Å²) in [5.41, 5.74) is 1.37. The second-order valence-corrected chi connectivity index (χ2v) is 6.00. The van der Waals surface area contributed by atoms with E-state index in [1.807, 2.05) is 36.4 Å². The zero-order valence-corrected chi connectivity index (χ0v) is 15.0. The summed E-state index contributed by atoms with van der Waals surface area (Å²) in [5, 5.41) is 7.29. The average Bonchev–Trinajstić information content (AvgIpc) is 3.12. The van der Waals surface area contributed by atoms with Gasteiger partial charge in [-0.3, -0.25) is 4.79 Å². The van der Waals surface area contributed by atoms with Gasteiger partial charge < -0.3 is 14.6 Å². The molecule has 0 saturated carbocycles. The normalized spacial score (nSPS) is 10.5. The van der Waals surface area contributed by atoms with Gasteiger partial charge in [-0.2, -0.15) is 4.98 Å². The Morgan fingerprint density at radius 2 is 1.96 bits per heavy atom. The van der Waals surface area contributed by atoms with Crippen LogP contribution in [0.2, 0.25) is 5.02 Å². The molecule has 0 fully saturated rings. The quantitative estimate of drug-likeness (QED) is 0.667. The Bertz CT molecular complexity index is 895. The number of anilines is 1. The van der Waals surface area contributed by atoms with Crippen molar-refractivity contribution in [2.45, 2.75) is 19.3 Å². The third kappa shape index (κ3) is 4.40. The molecule has 0 aliphatic rings. The van der Waals surface area contributed by atoms with Crippen molar-refractivity contribution in [1.29, 1.82) is 0 Å². The van der Waals surface area contributed by atoms with Crippen molar-refractivity contribution in [2.75, 3.05) is 12.4 Å². The number of amides is 1. The Morgan fingerprint density at radius 1 is 1.19 bits per heavy atom. The summed E-state index contributed by atoms with van der Waals surface area (Å²) in [6, 6.07) is 14.6. The number of aromatic nitrogens is 2. The summed E-state index contributed by atoms with van der Waals surface area (Å²) in [5.74, 6) is 1.52. The molecule has 0 aliphatic carbocycles. The van der Waals surface area contributed by atoms with E-state index in [1.54, 1.807) is 19.2 Å². The van der Waals surface area contributed by atoms with Crippen LogP contribution in [-0.2, 0) is 11.2 Å². The highest BCUT2D eigenvalue weighted by Gasteiger charge is 2.13. The van der Waals surface area contributed by atoms with E-state index in [4.69, 9.17) is 20.9 Å². The zero-order valence-electron chi connectivity index (χ0n) is 14.2. The summed E-state index contributed by atoms with van der Waals surface area (Å²) in [6.07, 6.45) is 1.43. The zero-order chi connectivity index (χ0) is 18.4. The smallest absolute Gasteiger partial charge is 0.226 e. The molecule has 0 saturated heterocycles. The van der Waals surface area contributed by atoms with E-state index >= 15 is 0 Å². The van der Waals surface area contributed by atoms with Gasteiger partial charge in [-0.25, -0.2) is 0 Å². The van der Waals surface area contributed by atoms with Crippen molar-refractivity contribution in [3.8, 4) is 17.1 Å². The lowest BCUT2D eigenvalue weighted by Crippen LogP contribution is -2.11. The Morgan fingerprint density at radius 3 is 2.77 bits per heavy atom. The molecule has 2 aromatic carbocycles. The number of methoxy groups -OCH3 is 1. The van der Waals surface area contributed by atoms with E-state index in [0.717, 1.165) is 5.56 Å². The lowest BCUT2D eigenvalue weighted by atomic mass is 10.2. The van der Waals surface area contributed by atoms with Crippen LogP contribution < -0.4 is 10.1 Å². The minimum Gasteiger partial charge on any atom is -0.496 e. The first kappa shape index (κ1) is 17.9. The minimum absolute atomic E-state index is 0.109. The second-order valence-electron chi connectivity index (χ2n) is 5.59. The Kier molecular flexibility index (Phi) is 5.86. The standard InChI is InChI=1S/C19H18ClN3O3/c1-25-16-10-5-2-7-13(16)19-22-18(26-23-19)12-6-11-17(24)21-15-9-4-3-8-14(15)20/h2-5,7-10H,6,11-12H2,1H3,(H,21,24). The van der Waals surface area contributed by atoms with Gasteiger partial charge in [0, 0.05) is 12.8 Å². The van der Waals surface area contributed by atoms with Gasteiger partial charge in [0.2, 0.25) is 17.6 Å². The fourth-order valence-corrected chi connectivity index (χ4v) is 2.65. The number of ether oxygens (including phenoxy) is 1. The van der Waals surface area contributed by atoms with Crippen LogP contribution in [0, 0.1) is 0 Å². The number of hydrogen-bond donors (Lipinski definition) is 1. The van der Waals surface area contributed by atoms with E-state index in [0.29, 0.717) is 47.4 Å². The van der Waals surface area contributed by atoms with Crippen LogP contribution in [0.25, 0.3) is 11.4 Å². The maximum atomic E-state index is 12.0. The molecule has 0 spiro atoms. The lowest BCUT2D eigenvalue weighted by Gasteiger charge is -2.06. The molecule has 1 heterocycles. The van der Waals surface area contributed by atoms with E-state index in [1.165, 1.54) is 0 Å². The molecule has 0 bridgehead atoms. The number of halogens is 1. The van der Waals surface area contributed by atoms with Crippen LogP contribution in [0.4, 0.5) is 5.69 Å². The van der Waals surface area contributed by atoms with Crippen molar-refractivity contribution < 1.29 is 14.1 Å². The molecule has 1 amide bonds. The fourth-order valence-electron chi connectivity index (χ4n) is 2.47. The van der Waals surface area contributed by atoms with Crippen LogP contribution in [0.3, 0.4) is 0 Å². The van der Waals surface area contributed by atoms with E-state index < -0.39 is 0 Å². The van der Waals surface area contributed by atoms with Gasteiger partial charge in [-0.1, -0.05) is 41.0 Å². The number of para-hydroxylation sites is 2. The molecular formula is C19H18ClN3O3. The molecule has 26 heavy (non-hydrogen) atoms.